The van der Waals surface area contributed by atoms with Crippen LogP contribution in [0.2, 0.25) is 0 Å². The Bertz CT molecular complexity index is 1060. The molecule has 152 valence electrons. The van der Waals surface area contributed by atoms with Crippen molar-refractivity contribution in [3.8, 4) is 0 Å². The average molecular weight is 412 g/mol. The van der Waals surface area contributed by atoms with Gasteiger partial charge in [-0.15, -0.1) is 0 Å². The van der Waals surface area contributed by atoms with Crippen LogP contribution in [0.25, 0.3) is 0 Å². The van der Waals surface area contributed by atoms with Gasteiger partial charge in [-0.05, 0) is 68.9 Å². The van der Waals surface area contributed by atoms with E-state index in [1.165, 1.54) is 12.1 Å². The molecule has 1 atom stereocenters. The van der Waals surface area contributed by atoms with Crippen LogP contribution in [0.3, 0.4) is 0 Å². The Balaban J connectivity index is 1.71. The molecule has 0 unspecified atom stereocenters. The zero-order valence-electron chi connectivity index (χ0n) is 16.6. The Labute approximate surface area is 171 Å². The fourth-order valence-electron chi connectivity index (χ4n) is 3.15. The van der Waals surface area contributed by atoms with E-state index in [1.807, 2.05) is 26.0 Å². The summed E-state index contributed by atoms with van der Waals surface area (Å²) in [6, 6.07) is 11.4. The molecule has 1 amide bonds. The monoisotopic (exact) mass is 411 g/mol. The van der Waals surface area contributed by atoms with Crippen LogP contribution in [0.5, 0.6) is 0 Å². The summed E-state index contributed by atoms with van der Waals surface area (Å²) in [6.45, 7) is 3.79. The van der Waals surface area contributed by atoms with Crippen LogP contribution in [0.4, 0.5) is 5.69 Å². The van der Waals surface area contributed by atoms with Gasteiger partial charge >= 0.3 is 0 Å². The number of amides is 1. The van der Waals surface area contributed by atoms with Crippen LogP contribution in [0.15, 0.2) is 64.6 Å². The number of allylic oxidation sites excluding steroid dienone is 2. The van der Waals surface area contributed by atoms with E-state index in [2.05, 4.69) is 27.4 Å². The highest BCUT2D eigenvalue weighted by atomic mass is 32.2. The molecule has 3 rings (SSSR count). The minimum atomic E-state index is -3.82. The summed E-state index contributed by atoms with van der Waals surface area (Å²) in [5, 5.41) is 4.03. The zero-order valence-corrected chi connectivity index (χ0v) is 17.4. The molecule has 0 spiro atoms. The molecule has 0 heterocycles. The number of hydrogen-bond donors (Lipinski definition) is 2. The second-order valence-corrected chi connectivity index (χ2v) is 8.90. The summed E-state index contributed by atoms with van der Waals surface area (Å²) in [7, 11) is -3.82. The van der Waals surface area contributed by atoms with Crippen LogP contribution >= 0.6 is 0 Å². The molecule has 0 saturated carbocycles. The Morgan fingerprint density at radius 3 is 2.69 bits per heavy atom. The summed E-state index contributed by atoms with van der Waals surface area (Å²) in [4.78, 5) is 12.4. The predicted molar refractivity (Wildman–Crippen MR) is 116 cm³/mol. The number of sulfonamides is 1. The molecule has 0 radical (unpaired) electrons. The topological polar surface area (TPSA) is 87.6 Å². The first kappa shape index (κ1) is 20.8. The van der Waals surface area contributed by atoms with Gasteiger partial charge in [-0.1, -0.05) is 35.9 Å². The molecule has 1 aliphatic carbocycles. The van der Waals surface area contributed by atoms with Gasteiger partial charge in [-0.3, -0.25) is 9.52 Å². The predicted octanol–water partition coefficient (Wildman–Crippen LogP) is 4.18. The molecule has 0 aromatic heterocycles. The van der Waals surface area contributed by atoms with Gasteiger partial charge in [-0.25, -0.2) is 13.8 Å². The second kappa shape index (κ2) is 9.05. The summed E-state index contributed by atoms with van der Waals surface area (Å²) < 4.78 is 28.1. The number of carbonyl (C=O) groups excluding carboxylic acids is 1. The third-order valence-corrected chi connectivity index (χ3v) is 6.16. The number of hydrogen-bond acceptors (Lipinski definition) is 4. The summed E-state index contributed by atoms with van der Waals surface area (Å²) in [6.07, 6.45) is 8.92. The van der Waals surface area contributed by atoms with Crippen LogP contribution in [0, 0.1) is 19.8 Å². The smallest absolute Gasteiger partial charge is 0.271 e. The van der Waals surface area contributed by atoms with Gasteiger partial charge in [0.2, 0.25) is 0 Å². The lowest BCUT2D eigenvalue weighted by molar-refractivity contribution is 0.0954. The van der Waals surface area contributed by atoms with E-state index >= 15 is 0 Å². The van der Waals surface area contributed by atoms with Crippen molar-refractivity contribution in [2.45, 2.75) is 38.0 Å². The number of nitrogens with one attached hydrogen (secondary N) is 2. The van der Waals surface area contributed by atoms with Crippen molar-refractivity contribution in [1.29, 1.82) is 0 Å². The van der Waals surface area contributed by atoms with Gasteiger partial charge < -0.3 is 0 Å². The molecule has 6 nitrogen and oxygen atoms in total. The van der Waals surface area contributed by atoms with Crippen LogP contribution in [0.1, 0.15) is 40.7 Å². The number of hydrazone groups is 1. The molecule has 29 heavy (non-hydrogen) atoms. The first-order valence-corrected chi connectivity index (χ1v) is 11.0. The molecule has 0 bridgehead atoms. The lowest BCUT2D eigenvalue weighted by Gasteiger charge is -2.12. The van der Waals surface area contributed by atoms with Gasteiger partial charge in [0.15, 0.2) is 0 Å². The van der Waals surface area contributed by atoms with E-state index in [9.17, 15) is 13.2 Å². The third-order valence-electron chi connectivity index (χ3n) is 4.79. The molecule has 2 aromatic carbocycles. The van der Waals surface area contributed by atoms with E-state index in [0.717, 1.165) is 30.4 Å². The van der Waals surface area contributed by atoms with E-state index in [1.54, 1.807) is 24.4 Å². The summed E-state index contributed by atoms with van der Waals surface area (Å²) >= 11 is 0. The maximum Gasteiger partial charge on any atom is 0.271 e. The number of anilines is 1. The van der Waals surface area contributed by atoms with Crippen molar-refractivity contribution in [2.75, 3.05) is 4.72 Å². The first-order valence-electron chi connectivity index (χ1n) is 9.54. The number of rotatable bonds is 6. The molecule has 0 aliphatic heterocycles. The lowest BCUT2D eigenvalue weighted by Crippen LogP contribution is -2.20. The average Bonchev–Trinajstić information content (AvgIpc) is 2.71. The minimum Gasteiger partial charge on any atom is -0.279 e. The fraction of sp³-hybridized carbons (Fsp3) is 0.273. The fourth-order valence-corrected chi connectivity index (χ4v) is 4.33. The highest BCUT2D eigenvalue weighted by Gasteiger charge is 2.17. The van der Waals surface area contributed by atoms with E-state index in [4.69, 9.17) is 0 Å². The van der Waals surface area contributed by atoms with E-state index < -0.39 is 15.9 Å². The summed E-state index contributed by atoms with van der Waals surface area (Å²) in [5.74, 6) is -0.134. The number of benzene rings is 2. The third kappa shape index (κ3) is 5.54. The molecule has 7 heteroatoms. The maximum atomic E-state index is 12.8. The van der Waals surface area contributed by atoms with Gasteiger partial charge in [0, 0.05) is 11.8 Å². The molecule has 0 saturated heterocycles. The Kier molecular flexibility index (Phi) is 6.49. The zero-order chi connectivity index (χ0) is 20.9. The Hall–Kier alpha value is -2.93. The van der Waals surface area contributed by atoms with Gasteiger partial charge in [0.25, 0.3) is 15.9 Å². The summed E-state index contributed by atoms with van der Waals surface area (Å²) in [5.41, 5.74) is 5.10. The van der Waals surface area contributed by atoms with Crippen molar-refractivity contribution < 1.29 is 13.2 Å². The van der Waals surface area contributed by atoms with Gasteiger partial charge in [0.1, 0.15) is 0 Å². The lowest BCUT2D eigenvalue weighted by atomic mass is 9.96. The Morgan fingerprint density at radius 2 is 1.97 bits per heavy atom. The normalized spacial score (nSPS) is 16.7. The maximum absolute atomic E-state index is 12.8. The largest absolute Gasteiger partial charge is 0.279 e. The van der Waals surface area contributed by atoms with Gasteiger partial charge in [-0.2, -0.15) is 5.10 Å². The molecule has 2 aromatic rings. The van der Waals surface area contributed by atoms with E-state index in [-0.39, 0.29) is 10.5 Å². The number of carbonyl (C=O) groups is 1. The molecular formula is C22H25N3O3S. The molecule has 1 aliphatic rings. The van der Waals surface area contributed by atoms with E-state index in [0.29, 0.717) is 11.6 Å². The van der Waals surface area contributed by atoms with Crippen molar-refractivity contribution in [1.82, 2.24) is 5.43 Å². The standard InChI is InChI=1S/C22H25N3O3S/c1-16-11-12-21(17(2)13-16)25-29(27,28)20-10-6-9-19(14-20)22(26)24-23-15-18-7-4-3-5-8-18/h3-4,6,9-15,18,25H,5,7-8H2,1-2H3,(H,24,26)/b23-15-/t18-/m1/s1. The van der Waals surface area contributed by atoms with Crippen molar-refractivity contribution in [2.24, 2.45) is 11.0 Å². The highest BCUT2D eigenvalue weighted by molar-refractivity contribution is 7.92. The van der Waals surface area contributed by atoms with Crippen molar-refractivity contribution in [3.05, 3.63) is 71.3 Å². The quantitative estimate of drug-likeness (QED) is 0.425. The minimum absolute atomic E-state index is 0.0199. The first-order chi connectivity index (χ1) is 13.8. The SMILES string of the molecule is Cc1ccc(NS(=O)(=O)c2cccc(C(=O)N/N=C\[C@@H]3CC=CCC3)c2)c(C)c1. The van der Waals surface area contributed by atoms with Crippen LogP contribution in [-0.2, 0) is 10.0 Å². The Morgan fingerprint density at radius 1 is 1.14 bits per heavy atom. The number of aryl methyl sites for hydroxylation is 2. The van der Waals surface area contributed by atoms with Crippen molar-refractivity contribution in [3.63, 3.8) is 0 Å². The number of nitrogens with zero attached hydrogens (tertiary/aromatic N) is 1. The molecule has 2 N–H and O–H groups in total. The molecular weight excluding hydrogens is 386 g/mol. The second-order valence-electron chi connectivity index (χ2n) is 7.22. The van der Waals surface area contributed by atoms with Gasteiger partial charge in [0.05, 0.1) is 10.6 Å². The highest BCUT2D eigenvalue weighted by Crippen LogP contribution is 2.21. The van der Waals surface area contributed by atoms with Crippen LogP contribution in [-0.4, -0.2) is 20.5 Å². The van der Waals surface area contributed by atoms with Crippen LogP contribution < -0.4 is 10.1 Å². The molecule has 0 fully saturated rings. The van der Waals surface area contributed by atoms with Crippen molar-refractivity contribution >= 4 is 27.8 Å².